The molecule has 0 radical (unpaired) electrons. The van der Waals surface area contributed by atoms with Gasteiger partial charge in [0, 0.05) is 4.47 Å². The van der Waals surface area contributed by atoms with Gasteiger partial charge in [0.15, 0.2) is 0 Å². The highest BCUT2D eigenvalue weighted by atomic mass is 79.9. The summed E-state index contributed by atoms with van der Waals surface area (Å²) in [7, 11) is 0. The first kappa shape index (κ1) is 12.2. The van der Waals surface area contributed by atoms with Gasteiger partial charge in [-0.1, -0.05) is 12.1 Å². The van der Waals surface area contributed by atoms with Crippen LogP contribution >= 0.6 is 15.9 Å². The molecular formula is C10H7BrN4O3. The summed E-state index contributed by atoms with van der Waals surface area (Å²) in [4.78, 5) is 35.8. The van der Waals surface area contributed by atoms with Crippen LogP contribution in [0.25, 0.3) is 0 Å². The zero-order chi connectivity index (χ0) is 13.1. The Labute approximate surface area is 108 Å². The first-order valence-corrected chi connectivity index (χ1v) is 5.62. The second kappa shape index (κ2) is 4.96. The molecule has 1 amide bonds. The van der Waals surface area contributed by atoms with Crippen LogP contribution in [-0.2, 0) is 0 Å². The van der Waals surface area contributed by atoms with Crippen molar-refractivity contribution in [3.05, 3.63) is 55.3 Å². The van der Waals surface area contributed by atoms with Crippen molar-refractivity contribution < 1.29 is 4.79 Å². The van der Waals surface area contributed by atoms with E-state index in [0.717, 1.165) is 0 Å². The standard InChI is InChI=1S/C10H7BrN4O3/c11-5-3-1-2-4-6(5)12-8(16)7-9(17)13-10(18)15-14-7/h1-4H,(H,12,16)(H2,13,15,17,18). The summed E-state index contributed by atoms with van der Waals surface area (Å²) in [5.74, 6) is -0.709. The third-order valence-corrected chi connectivity index (χ3v) is 2.74. The Bertz CT molecular complexity index is 707. The summed E-state index contributed by atoms with van der Waals surface area (Å²) in [5.41, 5.74) is -1.53. The van der Waals surface area contributed by atoms with Crippen molar-refractivity contribution in [1.29, 1.82) is 0 Å². The van der Waals surface area contributed by atoms with Gasteiger partial charge in [0.1, 0.15) is 0 Å². The largest absolute Gasteiger partial charge is 0.342 e. The molecule has 0 saturated carbocycles. The number of aromatic nitrogens is 3. The third-order valence-electron chi connectivity index (χ3n) is 2.05. The van der Waals surface area contributed by atoms with Gasteiger partial charge in [-0.3, -0.25) is 14.6 Å². The van der Waals surface area contributed by atoms with Crippen LogP contribution in [-0.4, -0.2) is 21.1 Å². The first-order valence-electron chi connectivity index (χ1n) is 4.83. The van der Waals surface area contributed by atoms with Crippen molar-refractivity contribution in [3.63, 3.8) is 0 Å². The SMILES string of the molecule is O=C(Nc1ccccc1Br)c1n[nH]c(=O)[nH]c1=O. The lowest BCUT2D eigenvalue weighted by Crippen LogP contribution is -2.32. The average molecular weight is 311 g/mol. The molecule has 92 valence electrons. The molecule has 0 aliphatic rings. The number of nitrogens with zero attached hydrogens (tertiary/aromatic N) is 1. The van der Waals surface area contributed by atoms with Crippen LogP contribution in [0.4, 0.5) is 5.69 Å². The van der Waals surface area contributed by atoms with Crippen LogP contribution in [0.2, 0.25) is 0 Å². The molecule has 0 aliphatic heterocycles. The molecule has 0 bridgehead atoms. The summed E-state index contributed by atoms with van der Waals surface area (Å²) in [5, 5.41) is 7.88. The molecule has 0 saturated heterocycles. The molecule has 3 N–H and O–H groups in total. The lowest BCUT2D eigenvalue weighted by molar-refractivity contribution is 0.101. The molecule has 0 aliphatic carbocycles. The van der Waals surface area contributed by atoms with Gasteiger partial charge in [-0.05, 0) is 28.1 Å². The molecule has 0 fully saturated rings. The van der Waals surface area contributed by atoms with Crippen molar-refractivity contribution in [2.75, 3.05) is 5.32 Å². The Morgan fingerprint density at radius 2 is 2.00 bits per heavy atom. The van der Waals surface area contributed by atoms with E-state index in [9.17, 15) is 14.4 Å². The summed E-state index contributed by atoms with van der Waals surface area (Å²) >= 11 is 3.25. The fraction of sp³-hybridized carbons (Fsp3) is 0. The molecule has 2 rings (SSSR count). The van der Waals surface area contributed by atoms with E-state index in [2.05, 4.69) is 26.3 Å². The van der Waals surface area contributed by atoms with Gasteiger partial charge in [-0.25, -0.2) is 9.89 Å². The number of benzene rings is 1. The number of amides is 1. The zero-order valence-electron chi connectivity index (χ0n) is 8.86. The minimum absolute atomic E-state index is 0.412. The van der Waals surface area contributed by atoms with Crippen molar-refractivity contribution in [2.45, 2.75) is 0 Å². The highest BCUT2D eigenvalue weighted by Crippen LogP contribution is 2.21. The number of aromatic amines is 2. The number of hydrogen-bond acceptors (Lipinski definition) is 4. The predicted molar refractivity (Wildman–Crippen MR) is 67.6 cm³/mol. The van der Waals surface area contributed by atoms with E-state index in [0.29, 0.717) is 10.2 Å². The maximum absolute atomic E-state index is 11.8. The number of nitrogens with one attached hydrogen (secondary N) is 3. The van der Waals surface area contributed by atoms with Gasteiger partial charge in [0.2, 0.25) is 5.69 Å². The van der Waals surface area contributed by atoms with E-state index in [4.69, 9.17) is 0 Å². The fourth-order valence-corrected chi connectivity index (χ4v) is 1.63. The Hall–Kier alpha value is -2.22. The van der Waals surface area contributed by atoms with E-state index < -0.39 is 22.9 Å². The van der Waals surface area contributed by atoms with Gasteiger partial charge in [-0.2, -0.15) is 5.10 Å². The Kier molecular flexibility index (Phi) is 3.38. The molecule has 18 heavy (non-hydrogen) atoms. The van der Waals surface area contributed by atoms with Gasteiger partial charge < -0.3 is 5.32 Å². The summed E-state index contributed by atoms with van der Waals surface area (Å²) < 4.78 is 0.666. The summed E-state index contributed by atoms with van der Waals surface area (Å²) in [6.45, 7) is 0. The van der Waals surface area contributed by atoms with Crippen molar-refractivity contribution >= 4 is 27.5 Å². The van der Waals surface area contributed by atoms with Crippen molar-refractivity contribution in [1.82, 2.24) is 15.2 Å². The highest BCUT2D eigenvalue weighted by molar-refractivity contribution is 9.10. The van der Waals surface area contributed by atoms with E-state index in [1.54, 1.807) is 24.3 Å². The smallest absolute Gasteiger partial charge is 0.319 e. The molecule has 7 nitrogen and oxygen atoms in total. The molecule has 1 heterocycles. The lowest BCUT2D eigenvalue weighted by atomic mass is 10.3. The van der Waals surface area contributed by atoms with E-state index in [1.165, 1.54) is 0 Å². The predicted octanol–water partition coefficient (Wildman–Crippen LogP) is 0.473. The lowest BCUT2D eigenvalue weighted by Gasteiger charge is -2.05. The number of carbonyl (C=O) groups is 1. The van der Waals surface area contributed by atoms with Crippen molar-refractivity contribution in [3.8, 4) is 0 Å². The van der Waals surface area contributed by atoms with Crippen LogP contribution in [0, 0.1) is 0 Å². The van der Waals surface area contributed by atoms with Crippen LogP contribution in [0.15, 0.2) is 38.3 Å². The fourth-order valence-electron chi connectivity index (χ4n) is 1.25. The normalized spacial score (nSPS) is 10.1. The quantitative estimate of drug-likeness (QED) is 0.749. The minimum Gasteiger partial charge on any atom is -0.319 e. The molecule has 1 aromatic heterocycles. The second-order valence-corrected chi connectivity index (χ2v) is 4.14. The van der Waals surface area contributed by atoms with Gasteiger partial charge in [0.05, 0.1) is 5.69 Å². The summed E-state index contributed by atoms with van der Waals surface area (Å²) in [6, 6.07) is 6.90. The highest BCUT2D eigenvalue weighted by Gasteiger charge is 2.14. The maximum Gasteiger partial charge on any atom is 0.342 e. The number of halogens is 1. The zero-order valence-corrected chi connectivity index (χ0v) is 10.4. The van der Waals surface area contributed by atoms with Gasteiger partial charge in [0.25, 0.3) is 11.5 Å². The van der Waals surface area contributed by atoms with E-state index in [-0.39, 0.29) is 0 Å². The minimum atomic E-state index is -0.844. The number of para-hydroxylation sites is 1. The van der Waals surface area contributed by atoms with Gasteiger partial charge in [-0.15, -0.1) is 0 Å². The number of hydrogen-bond donors (Lipinski definition) is 3. The monoisotopic (exact) mass is 310 g/mol. The number of carbonyl (C=O) groups excluding carboxylic acids is 1. The van der Waals surface area contributed by atoms with E-state index in [1.807, 2.05) is 10.1 Å². The van der Waals surface area contributed by atoms with Crippen LogP contribution < -0.4 is 16.6 Å². The molecule has 1 aromatic carbocycles. The molecular weight excluding hydrogens is 304 g/mol. The van der Waals surface area contributed by atoms with Crippen LogP contribution in [0.1, 0.15) is 10.5 Å². The Morgan fingerprint density at radius 3 is 2.67 bits per heavy atom. The van der Waals surface area contributed by atoms with Crippen molar-refractivity contribution in [2.24, 2.45) is 0 Å². The van der Waals surface area contributed by atoms with Crippen LogP contribution in [0.3, 0.4) is 0 Å². The second-order valence-electron chi connectivity index (χ2n) is 3.29. The molecule has 2 aromatic rings. The molecule has 0 spiro atoms. The third kappa shape index (κ3) is 2.54. The summed E-state index contributed by atoms with van der Waals surface area (Å²) in [6.07, 6.45) is 0. The molecule has 0 atom stereocenters. The number of anilines is 1. The topological polar surface area (TPSA) is 108 Å². The first-order chi connectivity index (χ1) is 8.58. The maximum atomic E-state index is 11.8. The Morgan fingerprint density at radius 1 is 1.28 bits per heavy atom. The van der Waals surface area contributed by atoms with Crippen LogP contribution in [0.5, 0.6) is 0 Å². The molecule has 8 heteroatoms. The average Bonchev–Trinajstić information content (AvgIpc) is 2.32. The van der Waals surface area contributed by atoms with E-state index >= 15 is 0 Å². The Balaban J connectivity index is 2.31. The van der Waals surface area contributed by atoms with Gasteiger partial charge >= 0.3 is 5.69 Å². The molecule has 0 unspecified atom stereocenters. The number of H-pyrrole nitrogens is 2. The number of rotatable bonds is 2.